The van der Waals surface area contributed by atoms with Gasteiger partial charge in [0.05, 0.1) is 0 Å². The summed E-state index contributed by atoms with van der Waals surface area (Å²) in [5, 5.41) is 0. The Labute approximate surface area is 142 Å². The number of aliphatic imine (C=N–C) groups is 1. The van der Waals surface area contributed by atoms with Gasteiger partial charge in [-0.1, -0.05) is 12.1 Å². The Morgan fingerprint density at radius 2 is 2.04 bits per heavy atom. The number of benzene rings is 1. The maximum Gasteiger partial charge on any atom is 0.272 e. The SMILES string of the molecule is COCC(=O)N(C)c1cccc2c1CCN=C2C(=O)N1CCCC1. The molecule has 2 heterocycles. The number of amides is 2. The number of likely N-dealkylation sites (tertiary alicyclic amines) is 1. The first-order chi connectivity index (χ1) is 11.6. The van der Waals surface area contributed by atoms with E-state index in [-0.39, 0.29) is 18.4 Å². The largest absolute Gasteiger partial charge is 0.375 e. The number of anilines is 1. The van der Waals surface area contributed by atoms with Gasteiger partial charge >= 0.3 is 0 Å². The molecule has 0 bridgehead atoms. The van der Waals surface area contributed by atoms with Crippen LogP contribution in [0.25, 0.3) is 0 Å². The number of hydrogen-bond acceptors (Lipinski definition) is 4. The van der Waals surface area contributed by atoms with E-state index in [1.807, 2.05) is 23.1 Å². The summed E-state index contributed by atoms with van der Waals surface area (Å²) >= 11 is 0. The van der Waals surface area contributed by atoms with Crippen molar-refractivity contribution in [2.45, 2.75) is 19.3 Å². The zero-order valence-electron chi connectivity index (χ0n) is 14.2. The molecule has 1 fully saturated rings. The van der Waals surface area contributed by atoms with Gasteiger partial charge in [0.25, 0.3) is 11.8 Å². The van der Waals surface area contributed by atoms with Crippen LogP contribution in [0.3, 0.4) is 0 Å². The van der Waals surface area contributed by atoms with Crippen LogP contribution in [-0.2, 0) is 20.7 Å². The quantitative estimate of drug-likeness (QED) is 0.835. The van der Waals surface area contributed by atoms with Gasteiger partial charge in [-0.25, -0.2) is 0 Å². The molecule has 0 aliphatic carbocycles. The minimum atomic E-state index is -0.110. The zero-order chi connectivity index (χ0) is 17.1. The lowest BCUT2D eigenvalue weighted by molar-refractivity contribution is -0.123. The summed E-state index contributed by atoms with van der Waals surface area (Å²) in [7, 11) is 3.25. The molecule has 1 aromatic carbocycles. The van der Waals surface area contributed by atoms with Crippen molar-refractivity contribution < 1.29 is 14.3 Å². The number of rotatable bonds is 4. The van der Waals surface area contributed by atoms with Crippen molar-refractivity contribution in [1.82, 2.24) is 4.90 Å². The molecule has 24 heavy (non-hydrogen) atoms. The fraction of sp³-hybridized carbons (Fsp3) is 0.500. The molecule has 0 unspecified atom stereocenters. The van der Waals surface area contributed by atoms with Crippen molar-refractivity contribution in [1.29, 1.82) is 0 Å². The van der Waals surface area contributed by atoms with Gasteiger partial charge < -0.3 is 14.5 Å². The van der Waals surface area contributed by atoms with Crippen LogP contribution in [0.2, 0.25) is 0 Å². The Balaban J connectivity index is 1.93. The summed E-state index contributed by atoms with van der Waals surface area (Å²) in [5.41, 5.74) is 3.23. The molecule has 0 spiro atoms. The molecule has 0 radical (unpaired) electrons. The number of likely N-dealkylation sites (N-methyl/N-ethyl adjacent to an activating group) is 1. The number of methoxy groups -OCH3 is 1. The summed E-state index contributed by atoms with van der Waals surface area (Å²) in [6, 6.07) is 5.72. The van der Waals surface area contributed by atoms with Crippen LogP contribution in [0.5, 0.6) is 0 Å². The number of hydrogen-bond donors (Lipinski definition) is 0. The topological polar surface area (TPSA) is 62.2 Å². The van der Waals surface area contributed by atoms with Crippen molar-refractivity contribution in [3.8, 4) is 0 Å². The molecule has 1 aromatic rings. The highest BCUT2D eigenvalue weighted by molar-refractivity contribution is 6.46. The van der Waals surface area contributed by atoms with Crippen LogP contribution in [0.4, 0.5) is 5.69 Å². The summed E-state index contributed by atoms with van der Waals surface area (Å²) in [5.74, 6) is -0.0997. The maximum absolute atomic E-state index is 12.8. The average molecular weight is 329 g/mol. The molecule has 3 rings (SSSR count). The summed E-state index contributed by atoms with van der Waals surface area (Å²) in [4.78, 5) is 32.9. The molecular formula is C18H23N3O3. The first kappa shape index (κ1) is 16.6. The molecule has 2 aliphatic rings. The monoisotopic (exact) mass is 329 g/mol. The molecule has 128 valence electrons. The molecule has 0 N–H and O–H groups in total. The third kappa shape index (κ3) is 3.06. The van der Waals surface area contributed by atoms with Gasteiger partial charge in [-0.05, 0) is 30.9 Å². The van der Waals surface area contributed by atoms with Gasteiger partial charge in [0.2, 0.25) is 0 Å². The van der Waals surface area contributed by atoms with E-state index in [2.05, 4.69) is 4.99 Å². The minimum absolute atomic E-state index is 0.0106. The summed E-state index contributed by atoms with van der Waals surface area (Å²) < 4.78 is 4.94. The van der Waals surface area contributed by atoms with Crippen LogP contribution in [0.15, 0.2) is 23.2 Å². The van der Waals surface area contributed by atoms with Gasteiger partial charge in [-0.2, -0.15) is 0 Å². The first-order valence-corrected chi connectivity index (χ1v) is 8.35. The average Bonchev–Trinajstić information content (AvgIpc) is 3.14. The smallest absolute Gasteiger partial charge is 0.272 e. The van der Waals surface area contributed by atoms with Crippen molar-refractivity contribution in [2.75, 3.05) is 45.3 Å². The summed E-state index contributed by atoms with van der Waals surface area (Å²) in [6.45, 7) is 2.22. The highest BCUT2D eigenvalue weighted by atomic mass is 16.5. The third-order valence-corrected chi connectivity index (χ3v) is 4.64. The van der Waals surface area contributed by atoms with Crippen molar-refractivity contribution in [3.05, 3.63) is 29.3 Å². The number of fused-ring (bicyclic) bond motifs is 1. The molecule has 2 aliphatic heterocycles. The third-order valence-electron chi connectivity index (χ3n) is 4.64. The van der Waals surface area contributed by atoms with Gasteiger partial charge in [0.15, 0.2) is 0 Å². The van der Waals surface area contributed by atoms with Crippen LogP contribution in [0, 0.1) is 0 Å². The number of nitrogens with zero attached hydrogens (tertiary/aromatic N) is 3. The molecule has 2 amide bonds. The van der Waals surface area contributed by atoms with Crippen molar-refractivity contribution in [3.63, 3.8) is 0 Å². The number of carbonyl (C=O) groups is 2. The lowest BCUT2D eigenvalue weighted by Crippen LogP contribution is -2.37. The second-order valence-corrected chi connectivity index (χ2v) is 6.17. The fourth-order valence-corrected chi connectivity index (χ4v) is 3.35. The second kappa shape index (κ2) is 7.13. The molecule has 0 atom stereocenters. The van der Waals surface area contributed by atoms with E-state index in [0.29, 0.717) is 12.3 Å². The van der Waals surface area contributed by atoms with Crippen LogP contribution >= 0.6 is 0 Å². The minimum Gasteiger partial charge on any atom is -0.375 e. The van der Waals surface area contributed by atoms with E-state index in [1.165, 1.54) is 7.11 Å². The van der Waals surface area contributed by atoms with Gasteiger partial charge in [0, 0.05) is 45.0 Å². The fourth-order valence-electron chi connectivity index (χ4n) is 3.35. The summed E-state index contributed by atoms with van der Waals surface area (Å²) in [6.07, 6.45) is 2.84. The molecule has 6 nitrogen and oxygen atoms in total. The molecule has 0 aromatic heterocycles. The highest BCUT2D eigenvalue weighted by Gasteiger charge is 2.29. The zero-order valence-corrected chi connectivity index (χ0v) is 14.2. The van der Waals surface area contributed by atoms with E-state index in [4.69, 9.17) is 4.74 Å². The predicted octanol–water partition coefficient (Wildman–Crippen LogP) is 1.26. The lowest BCUT2D eigenvalue weighted by atomic mass is 9.94. The molecular weight excluding hydrogens is 306 g/mol. The van der Waals surface area contributed by atoms with Crippen LogP contribution in [-0.4, -0.2) is 62.8 Å². The Morgan fingerprint density at radius 3 is 2.75 bits per heavy atom. The van der Waals surface area contributed by atoms with Gasteiger partial charge in [-0.3, -0.25) is 14.6 Å². The number of ether oxygens (including phenoxy) is 1. The van der Waals surface area contributed by atoms with Crippen molar-refractivity contribution >= 4 is 23.2 Å². The van der Waals surface area contributed by atoms with Crippen LogP contribution < -0.4 is 4.90 Å². The van der Waals surface area contributed by atoms with Crippen LogP contribution in [0.1, 0.15) is 24.0 Å². The Morgan fingerprint density at radius 1 is 1.29 bits per heavy atom. The van der Waals surface area contributed by atoms with E-state index in [1.54, 1.807) is 11.9 Å². The van der Waals surface area contributed by atoms with E-state index < -0.39 is 0 Å². The Kier molecular flexibility index (Phi) is 4.94. The van der Waals surface area contributed by atoms with Gasteiger partial charge in [0.1, 0.15) is 12.3 Å². The predicted molar refractivity (Wildman–Crippen MR) is 92.7 cm³/mol. The molecule has 0 saturated carbocycles. The number of carbonyl (C=O) groups excluding carboxylic acids is 2. The lowest BCUT2D eigenvalue weighted by Gasteiger charge is -2.26. The normalized spacial score (nSPS) is 16.6. The van der Waals surface area contributed by atoms with Gasteiger partial charge in [-0.15, -0.1) is 0 Å². The van der Waals surface area contributed by atoms with E-state index in [9.17, 15) is 9.59 Å². The van der Waals surface area contributed by atoms with E-state index >= 15 is 0 Å². The van der Waals surface area contributed by atoms with E-state index in [0.717, 1.165) is 49.2 Å². The van der Waals surface area contributed by atoms with Crippen molar-refractivity contribution in [2.24, 2.45) is 4.99 Å². The second-order valence-electron chi connectivity index (χ2n) is 6.17. The maximum atomic E-state index is 12.8. The standard InChI is InChI=1S/C18H23N3O3/c1-20(16(22)12-24-2)15-7-5-6-14-13(15)8-9-19-17(14)18(23)21-10-3-4-11-21/h5-7H,3-4,8-12H2,1-2H3. The molecule has 6 heteroatoms. The Bertz CT molecular complexity index is 678. The highest BCUT2D eigenvalue weighted by Crippen LogP contribution is 2.28. The molecule has 1 saturated heterocycles. The first-order valence-electron chi connectivity index (χ1n) is 8.35. The Hall–Kier alpha value is -2.21.